The summed E-state index contributed by atoms with van der Waals surface area (Å²) in [6.45, 7) is -0.867. The van der Waals surface area contributed by atoms with Gasteiger partial charge in [0.15, 0.2) is 5.65 Å². The molecule has 12 nitrogen and oxygen atoms in total. The van der Waals surface area contributed by atoms with Crippen LogP contribution in [0.2, 0.25) is 0 Å². The number of benzene rings is 1. The van der Waals surface area contributed by atoms with E-state index in [1.54, 1.807) is 24.3 Å². The van der Waals surface area contributed by atoms with Gasteiger partial charge in [-0.25, -0.2) is 14.3 Å². The third-order valence-electron chi connectivity index (χ3n) is 4.42. The van der Waals surface area contributed by atoms with Gasteiger partial charge in [-0.15, -0.1) is 0 Å². The summed E-state index contributed by atoms with van der Waals surface area (Å²) in [5.41, 5.74) is 5.09. The Morgan fingerprint density at radius 1 is 1.23 bits per heavy atom. The van der Waals surface area contributed by atoms with E-state index < -0.39 is 29.7 Å². The Morgan fingerprint density at radius 2 is 1.90 bits per heavy atom. The minimum Gasteiger partial charge on any atom is -0.468 e. The average molecular weight is 413 g/mol. The van der Waals surface area contributed by atoms with Crippen LogP contribution < -0.4 is 17.0 Å². The lowest BCUT2D eigenvalue weighted by Gasteiger charge is -2.15. The van der Waals surface area contributed by atoms with Crippen molar-refractivity contribution in [3.05, 3.63) is 50.7 Å². The summed E-state index contributed by atoms with van der Waals surface area (Å²) in [6, 6.07) is 6.58. The Balaban J connectivity index is 1.94. The number of likely N-dealkylation sites (N-methyl/N-ethyl adjacent to an activating group) is 1. The number of nitrogens with one attached hydrogen (secondary N) is 3. The van der Waals surface area contributed by atoms with Gasteiger partial charge < -0.3 is 20.4 Å². The highest BCUT2D eigenvalue weighted by molar-refractivity contribution is 5.95. The van der Waals surface area contributed by atoms with Gasteiger partial charge >= 0.3 is 11.7 Å². The predicted octanol–water partition coefficient (Wildman–Crippen LogP) is -1.00. The maximum Gasteiger partial charge on any atom is 0.330 e. The molecule has 0 bridgehead atoms. The van der Waals surface area contributed by atoms with Crippen LogP contribution in [0.25, 0.3) is 22.6 Å². The molecule has 0 unspecified atom stereocenters. The van der Waals surface area contributed by atoms with Gasteiger partial charge in [0.05, 0.1) is 7.11 Å². The van der Waals surface area contributed by atoms with Crippen molar-refractivity contribution in [3.63, 3.8) is 0 Å². The molecule has 1 amide bonds. The van der Waals surface area contributed by atoms with Gasteiger partial charge in [-0.05, 0) is 0 Å². The number of ether oxygens (including phenoxy) is 1. The average Bonchev–Trinajstić information content (AvgIpc) is 3.14. The number of nitrogen functional groups attached to an aromatic ring is 1. The number of amidine groups is 1. The van der Waals surface area contributed by atoms with Gasteiger partial charge in [0, 0.05) is 18.2 Å². The molecule has 0 atom stereocenters. The zero-order valence-corrected chi connectivity index (χ0v) is 16.2. The first-order valence-electron chi connectivity index (χ1n) is 8.69. The largest absolute Gasteiger partial charge is 0.468 e. The molecule has 30 heavy (non-hydrogen) atoms. The van der Waals surface area contributed by atoms with Crippen molar-refractivity contribution in [1.82, 2.24) is 24.4 Å². The minimum atomic E-state index is -0.808. The summed E-state index contributed by atoms with van der Waals surface area (Å²) in [6.07, 6.45) is 0. The van der Waals surface area contributed by atoms with E-state index in [4.69, 9.17) is 11.1 Å². The lowest BCUT2D eigenvalue weighted by atomic mass is 10.1. The summed E-state index contributed by atoms with van der Waals surface area (Å²) in [5.74, 6) is -1.01. The van der Waals surface area contributed by atoms with Gasteiger partial charge in [0.25, 0.3) is 5.56 Å². The quantitative estimate of drug-likeness (QED) is 0.227. The van der Waals surface area contributed by atoms with Crippen molar-refractivity contribution in [2.24, 2.45) is 5.73 Å². The molecular formula is C18H19N7O5. The first kappa shape index (κ1) is 20.5. The number of nitrogens with zero attached hydrogens (tertiary/aromatic N) is 3. The summed E-state index contributed by atoms with van der Waals surface area (Å²) in [5, 5.41) is 7.42. The van der Waals surface area contributed by atoms with Crippen LogP contribution in [-0.2, 0) is 20.9 Å². The predicted molar refractivity (Wildman–Crippen MR) is 107 cm³/mol. The molecule has 2 aromatic heterocycles. The molecule has 0 aliphatic rings. The number of hydrogen-bond acceptors (Lipinski definition) is 7. The number of aromatic nitrogens is 4. The van der Waals surface area contributed by atoms with Crippen molar-refractivity contribution in [3.8, 4) is 11.4 Å². The molecule has 0 aliphatic carbocycles. The summed E-state index contributed by atoms with van der Waals surface area (Å²) in [4.78, 5) is 59.2. The van der Waals surface area contributed by atoms with Crippen LogP contribution in [0.5, 0.6) is 0 Å². The van der Waals surface area contributed by atoms with Gasteiger partial charge in [-0.2, -0.15) is 0 Å². The van der Waals surface area contributed by atoms with Gasteiger partial charge in [-0.3, -0.25) is 24.8 Å². The summed E-state index contributed by atoms with van der Waals surface area (Å²) < 4.78 is 5.21. The molecule has 0 saturated heterocycles. The van der Waals surface area contributed by atoms with Crippen LogP contribution in [0.1, 0.15) is 5.56 Å². The fraction of sp³-hybridized carbons (Fsp3) is 0.222. The highest BCUT2D eigenvalue weighted by atomic mass is 16.5. The van der Waals surface area contributed by atoms with Gasteiger partial charge in [0.2, 0.25) is 5.91 Å². The smallest absolute Gasteiger partial charge is 0.330 e. The monoisotopic (exact) mass is 413 g/mol. The number of nitrogens with two attached hydrogens (primary N) is 1. The van der Waals surface area contributed by atoms with Crippen molar-refractivity contribution >= 4 is 28.9 Å². The molecule has 12 heteroatoms. The van der Waals surface area contributed by atoms with Crippen molar-refractivity contribution in [1.29, 1.82) is 5.41 Å². The van der Waals surface area contributed by atoms with E-state index in [0.717, 1.165) is 9.47 Å². The number of fused-ring (bicyclic) bond motifs is 1. The number of methoxy groups -OCH3 is 1. The normalized spacial score (nSPS) is 10.7. The maximum atomic E-state index is 12.7. The second kappa shape index (κ2) is 8.03. The van der Waals surface area contributed by atoms with E-state index in [1.807, 2.05) is 0 Å². The molecule has 1 aromatic carbocycles. The maximum absolute atomic E-state index is 12.7. The molecule has 0 fully saturated rings. The fourth-order valence-electron chi connectivity index (χ4n) is 2.70. The second-order valence-corrected chi connectivity index (χ2v) is 6.45. The van der Waals surface area contributed by atoms with E-state index in [9.17, 15) is 19.2 Å². The molecule has 0 aliphatic heterocycles. The van der Waals surface area contributed by atoms with E-state index in [2.05, 4.69) is 19.7 Å². The molecule has 3 rings (SSSR count). The van der Waals surface area contributed by atoms with Crippen molar-refractivity contribution in [2.45, 2.75) is 6.54 Å². The van der Waals surface area contributed by atoms with Crippen LogP contribution >= 0.6 is 0 Å². The van der Waals surface area contributed by atoms with Crippen LogP contribution in [-0.4, -0.2) is 62.8 Å². The molecule has 5 N–H and O–H groups in total. The number of amides is 1. The highest BCUT2D eigenvalue weighted by Gasteiger charge is 2.18. The SMILES string of the molecule is COC(=O)CN(C)C(=O)Cn1c(=O)[nH]c2nc(-c3ccc(C(=N)N)cc3)[nH]c2c1=O. The van der Waals surface area contributed by atoms with E-state index in [0.29, 0.717) is 17.0 Å². The van der Waals surface area contributed by atoms with Gasteiger partial charge in [0.1, 0.15) is 30.3 Å². The topological polar surface area (TPSA) is 180 Å². The van der Waals surface area contributed by atoms with Crippen LogP contribution in [0.4, 0.5) is 0 Å². The molecule has 2 heterocycles. The molecule has 0 saturated carbocycles. The summed E-state index contributed by atoms with van der Waals surface area (Å²) in [7, 11) is 2.54. The number of aromatic amines is 2. The van der Waals surface area contributed by atoms with E-state index >= 15 is 0 Å². The molecule has 156 valence electrons. The lowest BCUT2D eigenvalue weighted by molar-refractivity contribution is -0.146. The second-order valence-electron chi connectivity index (χ2n) is 6.45. The first-order chi connectivity index (χ1) is 14.2. The Morgan fingerprint density at radius 3 is 2.50 bits per heavy atom. The fourth-order valence-corrected chi connectivity index (χ4v) is 2.70. The van der Waals surface area contributed by atoms with Crippen LogP contribution in [0.15, 0.2) is 33.9 Å². The van der Waals surface area contributed by atoms with Crippen LogP contribution in [0, 0.1) is 5.41 Å². The van der Waals surface area contributed by atoms with Gasteiger partial charge in [-0.1, -0.05) is 24.3 Å². The number of imidazole rings is 1. The Kier molecular flexibility index (Phi) is 5.49. The zero-order chi connectivity index (χ0) is 22.0. The Labute approximate surface area is 168 Å². The third kappa shape index (κ3) is 3.97. The number of esters is 1. The summed E-state index contributed by atoms with van der Waals surface area (Å²) >= 11 is 0. The van der Waals surface area contributed by atoms with E-state index in [1.165, 1.54) is 14.2 Å². The number of H-pyrrole nitrogens is 2. The standard InChI is InChI=1S/C18H19N7O5/c1-24(8-12(27)30-2)11(26)7-25-17(28)13-16(23-18(25)29)22-15(21-13)10-5-3-9(4-6-10)14(19)20/h3-6H,7-8H2,1-2H3,(H3,19,20)(H,21,22)(H,23,29). The number of hydrogen-bond donors (Lipinski definition) is 4. The Hall–Kier alpha value is -4.22. The molecule has 3 aromatic rings. The minimum absolute atomic E-state index is 0.0173. The zero-order valence-electron chi connectivity index (χ0n) is 16.2. The van der Waals surface area contributed by atoms with Crippen molar-refractivity contribution in [2.75, 3.05) is 20.7 Å². The van der Waals surface area contributed by atoms with E-state index in [-0.39, 0.29) is 23.5 Å². The first-order valence-corrected chi connectivity index (χ1v) is 8.69. The molecular weight excluding hydrogens is 394 g/mol. The van der Waals surface area contributed by atoms with Crippen molar-refractivity contribution < 1.29 is 14.3 Å². The number of carbonyl (C=O) groups excluding carboxylic acids is 2. The molecule has 0 radical (unpaired) electrons. The highest BCUT2D eigenvalue weighted by Crippen LogP contribution is 2.18. The number of rotatable bonds is 6. The third-order valence-corrected chi connectivity index (χ3v) is 4.42. The Bertz CT molecular complexity index is 1250. The number of carbonyl (C=O) groups is 2. The molecule has 0 spiro atoms. The lowest BCUT2D eigenvalue weighted by Crippen LogP contribution is -2.42. The van der Waals surface area contributed by atoms with Crippen LogP contribution in [0.3, 0.4) is 0 Å².